The molecule has 3 N–H and O–H groups in total. The molecule has 9 nitrogen and oxygen atoms in total. The number of hydrogen-bond donors (Lipinski definition) is 3. The first-order valence-corrected chi connectivity index (χ1v) is 18.9. The third-order valence-electron chi connectivity index (χ3n) is 7.83. The predicted molar refractivity (Wildman–Crippen MR) is 180 cm³/mol. The second kappa shape index (κ2) is 18.3. The molecule has 2 aliphatic heterocycles. The minimum Gasteiger partial charge on any atom is -0.456 e. The van der Waals surface area contributed by atoms with Crippen molar-refractivity contribution in [3.8, 4) is 0 Å². The average Bonchev–Trinajstić information content (AvgIpc) is 3.62. The van der Waals surface area contributed by atoms with E-state index in [4.69, 9.17) is 4.74 Å². The van der Waals surface area contributed by atoms with Gasteiger partial charge in [-0.3, -0.25) is 19.7 Å². The van der Waals surface area contributed by atoms with Crippen LogP contribution in [0, 0.1) is 11.8 Å². The Hall–Kier alpha value is -1.89. The van der Waals surface area contributed by atoms with Crippen LogP contribution in [0.15, 0.2) is 17.5 Å². The normalized spacial score (nSPS) is 25.6. The molecule has 2 amide bonds. The van der Waals surface area contributed by atoms with Crippen molar-refractivity contribution >= 4 is 57.8 Å². The molecule has 5 atom stereocenters. The molecule has 0 aliphatic carbocycles. The van der Waals surface area contributed by atoms with Crippen molar-refractivity contribution in [2.75, 3.05) is 11.5 Å². The fourth-order valence-electron chi connectivity index (χ4n) is 5.07. The maximum Gasteiger partial charge on any atom is 0.329 e. The molecule has 0 saturated carbocycles. The number of aromatic nitrogens is 1. The number of unbranched alkanes of at least 4 members (excludes halogenated alkanes) is 4. The highest BCUT2D eigenvalue weighted by Gasteiger charge is 2.44. The molecular weight excluding hydrogens is 617 g/mol. The summed E-state index contributed by atoms with van der Waals surface area (Å²) < 4.78 is 5.91. The topological polar surface area (TPSA) is 126 Å². The number of rotatable bonds is 13. The van der Waals surface area contributed by atoms with E-state index in [9.17, 15) is 19.2 Å². The first-order valence-electron chi connectivity index (χ1n) is 16.0. The summed E-state index contributed by atoms with van der Waals surface area (Å²) in [7, 11) is 0. The van der Waals surface area contributed by atoms with Gasteiger partial charge >= 0.3 is 5.97 Å². The van der Waals surface area contributed by atoms with Crippen LogP contribution in [0.5, 0.6) is 0 Å². The van der Waals surface area contributed by atoms with E-state index in [1.165, 1.54) is 42.4 Å². The van der Waals surface area contributed by atoms with E-state index >= 15 is 0 Å². The number of carbonyl (C=O) groups excluding carboxylic acids is 4. The fourth-order valence-corrected chi connectivity index (χ4v) is 8.23. The molecule has 246 valence electrons. The molecule has 1 fully saturated rings. The van der Waals surface area contributed by atoms with Gasteiger partial charge in [0, 0.05) is 23.3 Å². The van der Waals surface area contributed by atoms with E-state index in [0.717, 1.165) is 36.4 Å². The molecule has 0 spiro atoms. The van der Waals surface area contributed by atoms with Gasteiger partial charge in [0.05, 0.1) is 24.0 Å². The van der Waals surface area contributed by atoms with Crippen molar-refractivity contribution in [2.24, 2.45) is 11.8 Å². The number of allylic oxidation sites excluding steroid dienone is 1. The first kappa shape index (κ1) is 36.6. The van der Waals surface area contributed by atoms with E-state index in [1.54, 1.807) is 17.8 Å². The van der Waals surface area contributed by atoms with Crippen LogP contribution in [0.25, 0.3) is 0 Å². The molecule has 12 heteroatoms. The van der Waals surface area contributed by atoms with Crippen LogP contribution in [0.4, 0.5) is 0 Å². The summed E-state index contributed by atoms with van der Waals surface area (Å²) in [6.45, 7) is 10.1. The quantitative estimate of drug-likeness (QED) is 0.134. The SMILES string of the molecule is CCCCCCCC(=O)SCC(C=CC1CC(=O)NCc2nc(cs2)C2NC(C)(CS2)C(=O)NC(C(C)C)C(=O)O1)CCC. The van der Waals surface area contributed by atoms with Crippen molar-refractivity contribution in [1.29, 1.82) is 0 Å². The number of amides is 2. The Morgan fingerprint density at radius 1 is 1.18 bits per heavy atom. The maximum absolute atomic E-state index is 13.5. The van der Waals surface area contributed by atoms with Gasteiger partial charge in [-0.1, -0.05) is 77.6 Å². The average molecular weight is 667 g/mol. The predicted octanol–water partition coefficient (Wildman–Crippen LogP) is 5.90. The fraction of sp³-hybridized carbons (Fsp3) is 0.719. The molecule has 1 aromatic heterocycles. The molecule has 3 heterocycles. The van der Waals surface area contributed by atoms with Gasteiger partial charge in [-0.05, 0) is 37.7 Å². The van der Waals surface area contributed by atoms with Crippen molar-refractivity contribution in [2.45, 2.75) is 122 Å². The zero-order chi connectivity index (χ0) is 32.1. The molecule has 1 aromatic rings. The summed E-state index contributed by atoms with van der Waals surface area (Å²) in [4.78, 5) is 57.1. The lowest BCUT2D eigenvalue weighted by Gasteiger charge is -2.29. The van der Waals surface area contributed by atoms with Crippen LogP contribution < -0.4 is 16.0 Å². The van der Waals surface area contributed by atoms with Gasteiger partial charge in [0.2, 0.25) is 11.8 Å². The summed E-state index contributed by atoms with van der Waals surface area (Å²) in [5, 5.41) is 12.0. The number of nitrogens with one attached hydrogen (secondary N) is 3. The third kappa shape index (κ3) is 11.5. The van der Waals surface area contributed by atoms with Gasteiger partial charge in [-0.15, -0.1) is 23.1 Å². The number of nitrogens with zero attached hydrogens (tertiary/aromatic N) is 1. The second-order valence-corrected chi connectivity index (χ2v) is 15.4. The highest BCUT2D eigenvalue weighted by molar-refractivity contribution is 8.13. The number of fused-ring (bicyclic) bond motifs is 5. The monoisotopic (exact) mass is 666 g/mol. The molecule has 2 aliphatic rings. The van der Waals surface area contributed by atoms with Crippen molar-refractivity contribution in [3.05, 3.63) is 28.2 Å². The number of ether oxygens (including phenoxy) is 1. The Morgan fingerprint density at radius 3 is 2.68 bits per heavy atom. The maximum atomic E-state index is 13.5. The number of thiazole rings is 1. The Balaban J connectivity index is 1.74. The van der Waals surface area contributed by atoms with Gasteiger partial charge in [0.25, 0.3) is 0 Å². The second-order valence-electron chi connectivity index (χ2n) is 12.3. The van der Waals surface area contributed by atoms with Crippen LogP contribution in [-0.4, -0.2) is 57.1 Å². The minimum absolute atomic E-state index is 0.0559. The lowest BCUT2D eigenvalue weighted by atomic mass is 9.99. The molecule has 1 saturated heterocycles. The van der Waals surface area contributed by atoms with E-state index in [0.29, 0.717) is 17.9 Å². The molecule has 5 unspecified atom stereocenters. The Kier molecular flexibility index (Phi) is 15.2. The summed E-state index contributed by atoms with van der Waals surface area (Å²) in [5.74, 6) is -0.0630. The summed E-state index contributed by atoms with van der Waals surface area (Å²) >= 11 is 4.42. The van der Waals surface area contributed by atoms with Gasteiger partial charge < -0.3 is 15.4 Å². The van der Waals surface area contributed by atoms with E-state index < -0.39 is 23.7 Å². The Bertz CT molecular complexity index is 1140. The Labute approximate surface area is 275 Å². The summed E-state index contributed by atoms with van der Waals surface area (Å²) in [6.07, 6.45) is 10.9. The molecule has 3 rings (SSSR count). The number of hydrogen-bond acceptors (Lipinski definition) is 10. The number of carbonyl (C=O) groups is 4. The lowest BCUT2D eigenvalue weighted by Crippen LogP contribution is -2.58. The van der Waals surface area contributed by atoms with E-state index in [2.05, 4.69) is 34.8 Å². The number of esters is 1. The van der Waals surface area contributed by atoms with Crippen molar-refractivity contribution in [3.63, 3.8) is 0 Å². The first-order chi connectivity index (χ1) is 21.0. The van der Waals surface area contributed by atoms with E-state index in [1.807, 2.05) is 32.2 Å². The summed E-state index contributed by atoms with van der Waals surface area (Å²) in [6, 6.07) is -0.875. The number of cyclic esters (lactones) is 1. The smallest absolute Gasteiger partial charge is 0.329 e. The van der Waals surface area contributed by atoms with Gasteiger partial charge in [0.15, 0.2) is 5.12 Å². The van der Waals surface area contributed by atoms with Crippen molar-refractivity contribution in [1.82, 2.24) is 20.9 Å². The molecule has 44 heavy (non-hydrogen) atoms. The molecular formula is C32H50N4O5S3. The largest absolute Gasteiger partial charge is 0.456 e. The van der Waals surface area contributed by atoms with Crippen LogP contribution in [-0.2, 0) is 30.5 Å². The van der Waals surface area contributed by atoms with Crippen LogP contribution >= 0.6 is 34.9 Å². The number of thioether (sulfide) groups is 2. The molecule has 4 bridgehead atoms. The Morgan fingerprint density at radius 2 is 1.95 bits per heavy atom. The van der Waals surface area contributed by atoms with Crippen molar-refractivity contribution < 1.29 is 23.9 Å². The standard InChI is InChI=1S/C32H50N4O5S3/c1-6-8-9-10-11-13-27(38)43-18-22(12-7-2)14-15-23-16-25(37)33-17-26-34-24(19-42-26)29-36-32(5,20-44-29)31(40)35-28(21(3)4)30(39)41-23/h14-15,19,21-23,28-29,36H,6-13,16-18,20H2,1-5H3,(H,33,37)(H,35,40). The van der Waals surface area contributed by atoms with Crippen LogP contribution in [0.2, 0.25) is 0 Å². The summed E-state index contributed by atoms with van der Waals surface area (Å²) in [5.41, 5.74) is -0.0574. The minimum atomic E-state index is -0.880. The highest BCUT2D eigenvalue weighted by Crippen LogP contribution is 2.38. The van der Waals surface area contributed by atoms with Gasteiger partial charge in [-0.25, -0.2) is 9.78 Å². The third-order valence-corrected chi connectivity index (χ3v) is 11.3. The van der Waals surface area contributed by atoms with Crippen LogP contribution in [0.1, 0.15) is 108 Å². The molecule has 0 radical (unpaired) electrons. The zero-order valence-electron chi connectivity index (χ0n) is 26.8. The highest BCUT2D eigenvalue weighted by atomic mass is 32.2. The van der Waals surface area contributed by atoms with Crippen LogP contribution in [0.3, 0.4) is 0 Å². The van der Waals surface area contributed by atoms with Gasteiger partial charge in [-0.2, -0.15) is 0 Å². The van der Waals surface area contributed by atoms with Gasteiger partial charge in [0.1, 0.15) is 22.7 Å². The molecule has 0 aromatic carbocycles. The zero-order valence-corrected chi connectivity index (χ0v) is 29.3. The van der Waals surface area contributed by atoms with E-state index in [-0.39, 0.29) is 47.1 Å². The lowest BCUT2D eigenvalue weighted by molar-refractivity contribution is -0.153.